The summed E-state index contributed by atoms with van der Waals surface area (Å²) in [5, 5.41) is 0.653. The number of benzene rings is 2. The molecule has 0 spiro atoms. The molecule has 1 N–H and O–H groups in total. The number of aromatic amines is 1. The number of H-pyrrole nitrogens is 1. The molecule has 0 aliphatic heterocycles. The van der Waals surface area contributed by atoms with E-state index in [-0.39, 0.29) is 16.9 Å². The maximum absolute atomic E-state index is 12.9. The predicted molar refractivity (Wildman–Crippen MR) is 92.9 cm³/mol. The van der Waals surface area contributed by atoms with Crippen LogP contribution in [-0.2, 0) is 6.18 Å². The van der Waals surface area contributed by atoms with E-state index in [1.165, 1.54) is 18.3 Å². The lowest BCUT2D eigenvalue weighted by Gasteiger charge is -2.08. The highest BCUT2D eigenvalue weighted by molar-refractivity contribution is 5.80. The van der Waals surface area contributed by atoms with Gasteiger partial charge in [0.15, 0.2) is 0 Å². The molecule has 0 bridgehead atoms. The first-order chi connectivity index (χ1) is 12.8. The normalized spacial score (nSPS) is 11.8. The van der Waals surface area contributed by atoms with Crippen LogP contribution >= 0.6 is 0 Å². The maximum Gasteiger partial charge on any atom is 0.416 e. The first-order valence-corrected chi connectivity index (χ1v) is 7.85. The van der Waals surface area contributed by atoms with Crippen LogP contribution in [0.3, 0.4) is 0 Å². The minimum atomic E-state index is -4.53. The summed E-state index contributed by atoms with van der Waals surface area (Å²) in [4.78, 5) is 27.0. The van der Waals surface area contributed by atoms with Crippen LogP contribution in [0.4, 0.5) is 13.2 Å². The number of imidazole rings is 1. The van der Waals surface area contributed by atoms with Crippen molar-refractivity contribution in [3.63, 3.8) is 0 Å². The summed E-state index contributed by atoms with van der Waals surface area (Å²) < 4.78 is 45.0. The largest absolute Gasteiger partial charge is 0.422 e. The van der Waals surface area contributed by atoms with Crippen molar-refractivity contribution in [1.29, 1.82) is 0 Å². The van der Waals surface area contributed by atoms with Gasteiger partial charge in [-0.3, -0.25) is 4.57 Å². The number of aromatic nitrogens is 2. The Kier molecular flexibility index (Phi) is 3.76. The van der Waals surface area contributed by atoms with Crippen molar-refractivity contribution in [2.45, 2.75) is 6.18 Å². The molecular formula is C19H11F3N2O3. The van der Waals surface area contributed by atoms with Crippen molar-refractivity contribution >= 4 is 11.0 Å². The minimum absolute atomic E-state index is 0.0301. The zero-order chi connectivity index (χ0) is 19.2. The van der Waals surface area contributed by atoms with Gasteiger partial charge in [-0.05, 0) is 30.3 Å². The van der Waals surface area contributed by atoms with Crippen molar-refractivity contribution in [2.75, 3.05) is 0 Å². The summed E-state index contributed by atoms with van der Waals surface area (Å²) in [6, 6.07) is 12.8. The Labute approximate surface area is 149 Å². The third-order valence-electron chi connectivity index (χ3n) is 4.10. The van der Waals surface area contributed by atoms with Crippen molar-refractivity contribution in [3.05, 3.63) is 87.3 Å². The fourth-order valence-corrected chi connectivity index (χ4v) is 2.81. The lowest BCUT2D eigenvalue weighted by molar-refractivity contribution is -0.137. The van der Waals surface area contributed by atoms with Gasteiger partial charge in [0.05, 0.1) is 22.5 Å². The quantitative estimate of drug-likeness (QED) is 0.542. The highest BCUT2D eigenvalue weighted by Gasteiger charge is 2.30. The molecule has 0 fully saturated rings. The van der Waals surface area contributed by atoms with Crippen LogP contribution < -0.4 is 11.3 Å². The van der Waals surface area contributed by atoms with E-state index in [1.807, 2.05) is 0 Å². The van der Waals surface area contributed by atoms with Crippen molar-refractivity contribution in [1.82, 2.24) is 9.55 Å². The third kappa shape index (κ3) is 3.05. The summed E-state index contributed by atoms with van der Waals surface area (Å²) in [5.74, 6) is 0. The number of alkyl halides is 3. The minimum Gasteiger partial charge on any atom is -0.422 e. The van der Waals surface area contributed by atoms with Gasteiger partial charge in [0.2, 0.25) is 0 Å². The molecule has 0 unspecified atom stereocenters. The molecule has 27 heavy (non-hydrogen) atoms. The van der Waals surface area contributed by atoms with Gasteiger partial charge < -0.3 is 9.40 Å². The number of hydrogen-bond donors (Lipinski definition) is 1. The average Bonchev–Trinajstić information content (AvgIpc) is 3.02. The van der Waals surface area contributed by atoms with E-state index in [4.69, 9.17) is 4.42 Å². The van der Waals surface area contributed by atoms with E-state index < -0.39 is 23.1 Å². The SMILES string of the molecule is O=c1oc2ccccc2cc1-c1cn(-c2cccc(C(F)(F)F)c2)c(=O)[nH]1. The van der Waals surface area contributed by atoms with Crippen LogP contribution in [0.1, 0.15) is 5.56 Å². The smallest absolute Gasteiger partial charge is 0.416 e. The molecule has 0 aliphatic carbocycles. The highest BCUT2D eigenvalue weighted by Crippen LogP contribution is 2.30. The number of rotatable bonds is 2. The Balaban J connectivity index is 1.85. The molecule has 5 nitrogen and oxygen atoms in total. The number of nitrogens with one attached hydrogen (secondary N) is 1. The van der Waals surface area contributed by atoms with Crippen molar-refractivity contribution in [3.8, 4) is 16.9 Å². The van der Waals surface area contributed by atoms with Crippen LogP contribution in [0, 0.1) is 0 Å². The summed E-state index contributed by atoms with van der Waals surface area (Å²) >= 11 is 0. The molecule has 0 saturated heterocycles. The maximum atomic E-state index is 12.9. The van der Waals surface area contributed by atoms with E-state index in [1.54, 1.807) is 30.3 Å². The van der Waals surface area contributed by atoms with Crippen LogP contribution in [0.25, 0.3) is 27.9 Å². The molecule has 2 heterocycles. The van der Waals surface area contributed by atoms with Crippen molar-refractivity contribution < 1.29 is 17.6 Å². The first-order valence-electron chi connectivity index (χ1n) is 7.85. The predicted octanol–water partition coefficient (Wildman–Crippen LogP) is 3.96. The van der Waals surface area contributed by atoms with Crippen LogP contribution in [0.2, 0.25) is 0 Å². The van der Waals surface area contributed by atoms with E-state index in [0.717, 1.165) is 16.7 Å². The van der Waals surface area contributed by atoms with Crippen LogP contribution in [-0.4, -0.2) is 9.55 Å². The van der Waals surface area contributed by atoms with E-state index in [0.29, 0.717) is 11.0 Å². The molecule has 0 amide bonds. The Morgan fingerprint density at radius 3 is 2.52 bits per heavy atom. The number of halogens is 3. The van der Waals surface area contributed by atoms with E-state index in [2.05, 4.69) is 4.98 Å². The Morgan fingerprint density at radius 2 is 1.74 bits per heavy atom. The Bertz CT molecular complexity index is 1270. The number of nitrogens with zero attached hydrogens (tertiary/aromatic N) is 1. The van der Waals surface area contributed by atoms with Gasteiger partial charge in [0.25, 0.3) is 0 Å². The second-order valence-electron chi connectivity index (χ2n) is 5.88. The lowest BCUT2D eigenvalue weighted by Crippen LogP contribution is -2.15. The topological polar surface area (TPSA) is 68.0 Å². The highest BCUT2D eigenvalue weighted by atomic mass is 19.4. The third-order valence-corrected chi connectivity index (χ3v) is 4.10. The molecule has 136 valence electrons. The van der Waals surface area contributed by atoms with Gasteiger partial charge in [-0.1, -0.05) is 24.3 Å². The van der Waals surface area contributed by atoms with Crippen LogP contribution in [0.15, 0.2) is 74.8 Å². The summed E-state index contributed by atoms with van der Waals surface area (Å²) in [6.45, 7) is 0. The fraction of sp³-hybridized carbons (Fsp3) is 0.0526. The van der Waals surface area contributed by atoms with E-state index in [9.17, 15) is 22.8 Å². The molecule has 0 saturated carbocycles. The molecule has 2 aromatic carbocycles. The van der Waals surface area contributed by atoms with Crippen molar-refractivity contribution in [2.24, 2.45) is 0 Å². The second kappa shape index (κ2) is 6.01. The zero-order valence-electron chi connectivity index (χ0n) is 13.6. The second-order valence-corrected chi connectivity index (χ2v) is 5.88. The fourth-order valence-electron chi connectivity index (χ4n) is 2.81. The number of para-hydroxylation sites is 1. The number of hydrogen-bond acceptors (Lipinski definition) is 3. The standard InChI is InChI=1S/C19H11F3N2O3/c20-19(21,22)12-5-3-6-13(9-12)24-10-15(23-18(24)26)14-8-11-4-1-2-7-16(11)27-17(14)25/h1-10H,(H,23,26). The molecule has 0 aliphatic rings. The van der Waals surface area contributed by atoms with Gasteiger partial charge in [-0.2, -0.15) is 13.2 Å². The number of fused-ring (bicyclic) bond motifs is 1. The van der Waals surface area contributed by atoms with Crippen LogP contribution in [0.5, 0.6) is 0 Å². The Hall–Kier alpha value is -3.55. The van der Waals surface area contributed by atoms with Gasteiger partial charge in [0.1, 0.15) is 5.58 Å². The molecule has 2 aromatic heterocycles. The molecule has 0 atom stereocenters. The average molecular weight is 372 g/mol. The molecule has 4 aromatic rings. The first kappa shape index (κ1) is 16.9. The molecule has 0 radical (unpaired) electrons. The Morgan fingerprint density at radius 1 is 0.963 bits per heavy atom. The summed E-state index contributed by atoms with van der Waals surface area (Å²) in [5.41, 5.74) is -1.52. The van der Waals surface area contributed by atoms with Gasteiger partial charge in [0, 0.05) is 11.6 Å². The lowest BCUT2D eigenvalue weighted by atomic mass is 10.1. The van der Waals surface area contributed by atoms with Gasteiger partial charge >= 0.3 is 17.5 Å². The molecule has 8 heteroatoms. The molecular weight excluding hydrogens is 361 g/mol. The monoisotopic (exact) mass is 372 g/mol. The molecule has 4 rings (SSSR count). The summed E-state index contributed by atoms with van der Waals surface area (Å²) in [6.07, 6.45) is -3.25. The summed E-state index contributed by atoms with van der Waals surface area (Å²) in [7, 11) is 0. The van der Waals surface area contributed by atoms with Gasteiger partial charge in [-0.15, -0.1) is 0 Å². The van der Waals surface area contributed by atoms with Gasteiger partial charge in [-0.25, -0.2) is 9.59 Å². The zero-order valence-corrected chi connectivity index (χ0v) is 13.6. The van der Waals surface area contributed by atoms with E-state index >= 15 is 0 Å².